The summed E-state index contributed by atoms with van der Waals surface area (Å²) in [4.78, 5) is 15.6. The molecule has 2 aliphatic carbocycles. The second-order valence-electron chi connectivity index (χ2n) is 10.4. The third-order valence-electron chi connectivity index (χ3n) is 7.21. The fourth-order valence-electron chi connectivity index (χ4n) is 5.56. The minimum atomic E-state index is -0.201. The van der Waals surface area contributed by atoms with Crippen molar-refractivity contribution in [3.63, 3.8) is 0 Å². The van der Waals surface area contributed by atoms with Crippen LogP contribution in [-0.2, 0) is 18.4 Å². The van der Waals surface area contributed by atoms with Gasteiger partial charge in [-0.2, -0.15) is 0 Å². The maximum Gasteiger partial charge on any atom is 0.143 e. The van der Waals surface area contributed by atoms with Crippen molar-refractivity contribution >= 4 is 11.5 Å². The SMILES string of the molecule is CN(Cc1cccnc1)c1c(O[C@H]2CC[C@H](N)CC2)ccc2c1CC(C)(C)c1c(N)ncnc1-2. The molecule has 5 rings (SSSR count). The van der Waals surface area contributed by atoms with Gasteiger partial charge in [-0.05, 0) is 66.8 Å². The van der Waals surface area contributed by atoms with Gasteiger partial charge in [-0.3, -0.25) is 4.98 Å². The number of ether oxygens (including phenoxy) is 1. The van der Waals surface area contributed by atoms with E-state index < -0.39 is 0 Å². The number of aromatic nitrogens is 3. The monoisotopic (exact) mass is 458 g/mol. The molecule has 3 aromatic rings. The molecule has 1 aromatic carbocycles. The summed E-state index contributed by atoms with van der Waals surface area (Å²) < 4.78 is 6.67. The number of fused-ring (bicyclic) bond motifs is 3. The molecule has 1 saturated carbocycles. The van der Waals surface area contributed by atoms with Crippen LogP contribution in [0, 0.1) is 0 Å². The smallest absolute Gasteiger partial charge is 0.143 e. The highest BCUT2D eigenvalue weighted by Crippen LogP contribution is 2.49. The van der Waals surface area contributed by atoms with Gasteiger partial charge < -0.3 is 21.1 Å². The van der Waals surface area contributed by atoms with E-state index in [1.165, 1.54) is 5.56 Å². The number of hydrogen-bond donors (Lipinski definition) is 2. The second kappa shape index (κ2) is 8.87. The van der Waals surface area contributed by atoms with Crippen LogP contribution >= 0.6 is 0 Å². The second-order valence-corrected chi connectivity index (χ2v) is 10.4. The van der Waals surface area contributed by atoms with E-state index in [0.29, 0.717) is 11.9 Å². The van der Waals surface area contributed by atoms with Crippen LogP contribution in [-0.4, -0.2) is 34.1 Å². The number of pyridine rings is 1. The molecule has 0 unspecified atom stereocenters. The van der Waals surface area contributed by atoms with Gasteiger partial charge in [0.1, 0.15) is 17.9 Å². The molecule has 7 heteroatoms. The van der Waals surface area contributed by atoms with Crippen LogP contribution in [0.4, 0.5) is 11.5 Å². The van der Waals surface area contributed by atoms with Gasteiger partial charge in [0, 0.05) is 43.2 Å². The van der Waals surface area contributed by atoms with E-state index in [-0.39, 0.29) is 11.5 Å². The van der Waals surface area contributed by atoms with E-state index in [1.54, 1.807) is 12.5 Å². The van der Waals surface area contributed by atoms with E-state index in [1.807, 2.05) is 12.3 Å². The third kappa shape index (κ3) is 4.20. The molecule has 4 N–H and O–H groups in total. The largest absolute Gasteiger partial charge is 0.488 e. The molecule has 0 radical (unpaired) electrons. The Morgan fingerprint density at radius 2 is 1.91 bits per heavy atom. The maximum absolute atomic E-state index is 6.67. The fraction of sp³-hybridized carbons (Fsp3) is 0.444. The Balaban J connectivity index is 1.61. The average molecular weight is 459 g/mol. The minimum Gasteiger partial charge on any atom is -0.488 e. The van der Waals surface area contributed by atoms with Crippen LogP contribution in [0.3, 0.4) is 0 Å². The highest BCUT2D eigenvalue weighted by atomic mass is 16.5. The quantitative estimate of drug-likeness (QED) is 0.589. The van der Waals surface area contributed by atoms with Crippen molar-refractivity contribution in [3.8, 4) is 17.0 Å². The Kier molecular flexibility index (Phi) is 5.90. The zero-order chi connectivity index (χ0) is 23.9. The first-order valence-electron chi connectivity index (χ1n) is 12.1. The van der Waals surface area contributed by atoms with Crippen molar-refractivity contribution in [2.75, 3.05) is 17.7 Å². The van der Waals surface area contributed by atoms with Gasteiger partial charge in [-0.1, -0.05) is 19.9 Å². The molecule has 0 amide bonds. The molecule has 7 nitrogen and oxygen atoms in total. The van der Waals surface area contributed by atoms with Gasteiger partial charge in [0.2, 0.25) is 0 Å². The van der Waals surface area contributed by atoms with Crippen LogP contribution in [0.2, 0.25) is 0 Å². The van der Waals surface area contributed by atoms with Crippen molar-refractivity contribution in [2.45, 2.75) is 70.1 Å². The van der Waals surface area contributed by atoms with E-state index in [9.17, 15) is 0 Å². The lowest BCUT2D eigenvalue weighted by Crippen LogP contribution is -2.33. The van der Waals surface area contributed by atoms with Crippen LogP contribution in [0.1, 0.15) is 56.2 Å². The Labute approximate surface area is 201 Å². The number of nitrogens with two attached hydrogens (primary N) is 2. The van der Waals surface area contributed by atoms with Gasteiger partial charge in [-0.25, -0.2) is 9.97 Å². The Hall–Kier alpha value is -3.19. The lowest BCUT2D eigenvalue weighted by Gasteiger charge is -2.37. The third-order valence-corrected chi connectivity index (χ3v) is 7.21. The zero-order valence-corrected chi connectivity index (χ0v) is 20.3. The van der Waals surface area contributed by atoms with Crippen molar-refractivity contribution in [3.05, 3.63) is 59.7 Å². The predicted molar refractivity (Wildman–Crippen MR) is 136 cm³/mol. The molecule has 2 aromatic heterocycles. The molecule has 0 saturated heterocycles. The van der Waals surface area contributed by atoms with Crippen LogP contribution in [0.5, 0.6) is 5.75 Å². The molecule has 0 bridgehead atoms. The number of nitrogens with zero attached hydrogens (tertiary/aromatic N) is 4. The lowest BCUT2D eigenvalue weighted by molar-refractivity contribution is 0.147. The summed E-state index contributed by atoms with van der Waals surface area (Å²) >= 11 is 0. The van der Waals surface area contributed by atoms with Crippen LogP contribution in [0.25, 0.3) is 11.3 Å². The molecule has 34 heavy (non-hydrogen) atoms. The molecule has 178 valence electrons. The van der Waals surface area contributed by atoms with Gasteiger partial charge in [0.05, 0.1) is 17.5 Å². The van der Waals surface area contributed by atoms with Gasteiger partial charge in [-0.15, -0.1) is 0 Å². The highest BCUT2D eigenvalue weighted by molar-refractivity contribution is 5.83. The topological polar surface area (TPSA) is 103 Å². The first-order valence-corrected chi connectivity index (χ1v) is 12.1. The molecule has 2 aliphatic rings. The number of anilines is 2. The van der Waals surface area contributed by atoms with E-state index >= 15 is 0 Å². The standard InChI is InChI=1S/C27H34N6O/c1-27(2)13-21-20(24-23(27)26(29)32-16-31-24)10-11-22(34-19-8-6-18(28)7-9-19)25(21)33(3)15-17-5-4-12-30-14-17/h4-5,10-12,14,16,18-19H,6-9,13,15,28H2,1-3H3,(H2,29,31,32)/t18-,19-. The first kappa shape index (κ1) is 22.6. The summed E-state index contributed by atoms with van der Waals surface area (Å²) in [5.74, 6) is 1.48. The number of nitrogen functional groups attached to an aromatic ring is 1. The van der Waals surface area contributed by atoms with Gasteiger partial charge >= 0.3 is 0 Å². The maximum atomic E-state index is 6.67. The predicted octanol–water partition coefficient (Wildman–Crippen LogP) is 4.24. The summed E-state index contributed by atoms with van der Waals surface area (Å²) in [6.45, 7) is 5.17. The van der Waals surface area contributed by atoms with Crippen LogP contribution < -0.4 is 21.1 Å². The normalized spacial score (nSPS) is 20.8. The summed E-state index contributed by atoms with van der Waals surface area (Å²) in [5, 5.41) is 0. The number of hydrogen-bond acceptors (Lipinski definition) is 7. The van der Waals surface area contributed by atoms with E-state index in [0.717, 1.165) is 72.5 Å². The summed E-state index contributed by atoms with van der Waals surface area (Å²) in [7, 11) is 2.13. The highest BCUT2D eigenvalue weighted by Gasteiger charge is 2.37. The Bertz CT molecular complexity index is 1170. The number of benzene rings is 1. The van der Waals surface area contributed by atoms with Crippen molar-refractivity contribution in [2.24, 2.45) is 5.73 Å². The molecular formula is C27H34N6O. The van der Waals surface area contributed by atoms with Crippen molar-refractivity contribution in [1.29, 1.82) is 0 Å². The van der Waals surface area contributed by atoms with E-state index in [2.05, 4.69) is 58.9 Å². The first-order chi connectivity index (χ1) is 16.3. The zero-order valence-electron chi connectivity index (χ0n) is 20.3. The Morgan fingerprint density at radius 3 is 2.65 bits per heavy atom. The fourth-order valence-corrected chi connectivity index (χ4v) is 5.56. The summed E-state index contributed by atoms with van der Waals surface area (Å²) in [6.07, 6.45) is 10.3. The molecular weight excluding hydrogens is 424 g/mol. The summed E-state index contributed by atoms with van der Waals surface area (Å²) in [6, 6.07) is 8.61. The van der Waals surface area contributed by atoms with E-state index in [4.69, 9.17) is 16.2 Å². The van der Waals surface area contributed by atoms with Crippen molar-refractivity contribution < 1.29 is 4.74 Å². The minimum absolute atomic E-state index is 0.185. The van der Waals surface area contributed by atoms with Crippen LogP contribution in [0.15, 0.2) is 43.0 Å². The molecule has 0 aliphatic heterocycles. The molecule has 0 atom stereocenters. The molecule has 2 heterocycles. The molecule has 1 fully saturated rings. The Morgan fingerprint density at radius 1 is 1.12 bits per heavy atom. The average Bonchev–Trinajstić information content (AvgIpc) is 2.80. The summed E-state index contributed by atoms with van der Waals surface area (Å²) in [5.41, 5.74) is 18.8. The van der Waals surface area contributed by atoms with Crippen molar-refractivity contribution in [1.82, 2.24) is 15.0 Å². The molecule has 0 spiro atoms. The van der Waals surface area contributed by atoms with Gasteiger partial charge in [0.25, 0.3) is 0 Å². The van der Waals surface area contributed by atoms with Gasteiger partial charge in [0.15, 0.2) is 0 Å². The lowest BCUT2D eigenvalue weighted by atomic mass is 9.71. The number of rotatable bonds is 5.